The minimum absolute atomic E-state index is 0.304. The molecule has 3 rings (SSSR count). The third-order valence-electron chi connectivity index (χ3n) is 6.01. The van der Waals surface area contributed by atoms with E-state index in [1.165, 1.54) is 38.5 Å². The molecule has 1 saturated heterocycles. The van der Waals surface area contributed by atoms with E-state index < -0.39 is 0 Å². The van der Waals surface area contributed by atoms with Gasteiger partial charge in [0.25, 0.3) is 0 Å². The van der Waals surface area contributed by atoms with Crippen LogP contribution in [0.25, 0.3) is 0 Å². The molecule has 0 aromatic heterocycles. The Labute approximate surface area is 99.9 Å². The summed E-state index contributed by atoms with van der Waals surface area (Å²) in [5, 5.41) is 0. The Hall–Kier alpha value is -0.0400. The number of epoxide rings is 1. The zero-order valence-electron chi connectivity index (χ0n) is 11.3. The van der Waals surface area contributed by atoms with Gasteiger partial charge in [0.1, 0.15) is 0 Å². The summed E-state index contributed by atoms with van der Waals surface area (Å²) in [6, 6.07) is 0. The average Bonchev–Trinajstić information content (AvgIpc) is 2.72. The van der Waals surface area contributed by atoms with Crippen molar-refractivity contribution in [3.8, 4) is 0 Å². The summed E-state index contributed by atoms with van der Waals surface area (Å²) in [5.74, 6) is 0.927. The lowest BCUT2D eigenvalue weighted by molar-refractivity contribution is -0.0567. The van der Waals surface area contributed by atoms with E-state index >= 15 is 0 Å². The van der Waals surface area contributed by atoms with E-state index in [-0.39, 0.29) is 0 Å². The third-order valence-corrected chi connectivity index (χ3v) is 6.01. The van der Waals surface area contributed by atoms with E-state index in [1.807, 2.05) is 0 Å². The predicted octanol–water partition coefficient (Wildman–Crippen LogP) is 4.16. The fraction of sp³-hybridized carbons (Fsp3) is 1.00. The summed E-state index contributed by atoms with van der Waals surface area (Å²) in [6.07, 6.45) is 8.86. The number of rotatable bonds is 0. The van der Waals surface area contributed by atoms with Crippen LogP contribution in [-0.2, 0) is 4.74 Å². The molecule has 0 aromatic carbocycles. The first-order valence-electron chi connectivity index (χ1n) is 7.06. The molecule has 1 aliphatic heterocycles. The molecule has 3 fully saturated rings. The van der Waals surface area contributed by atoms with E-state index in [4.69, 9.17) is 4.74 Å². The third kappa shape index (κ3) is 1.40. The lowest BCUT2D eigenvalue weighted by Gasteiger charge is -2.55. The lowest BCUT2D eigenvalue weighted by atomic mass is 9.50. The zero-order valence-corrected chi connectivity index (χ0v) is 11.3. The fourth-order valence-electron chi connectivity index (χ4n) is 5.12. The van der Waals surface area contributed by atoms with Gasteiger partial charge in [-0.1, -0.05) is 27.2 Å². The molecule has 1 spiro atoms. The molecular formula is C15H26O. The second-order valence-corrected chi connectivity index (χ2v) is 7.59. The molecule has 16 heavy (non-hydrogen) atoms. The Kier molecular flexibility index (Phi) is 2.11. The summed E-state index contributed by atoms with van der Waals surface area (Å²) in [5.41, 5.74) is 1.43. The minimum Gasteiger partial charge on any atom is -0.366 e. The van der Waals surface area contributed by atoms with Crippen LogP contribution in [-0.4, -0.2) is 11.7 Å². The molecule has 4 atom stereocenters. The first kappa shape index (κ1) is 11.1. The first-order valence-corrected chi connectivity index (χ1v) is 7.06. The molecule has 3 aliphatic rings. The topological polar surface area (TPSA) is 12.5 Å². The van der Waals surface area contributed by atoms with E-state index in [2.05, 4.69) is 27.7 Å². The van der Waals surface area contributed by atoms with Crippen molar-refractivity contribution < 1.29 is 4.74 Å². The number of hydrogen-bond donors (Lipinski definition) is 0. The van der Waals surface area contributed by atoms with Gasteiger partial charge in [-0.2, -0.15) is 0 Å². The molecule has 92 valence electrons. The summed E-state index contributed by atoms with van der Waals surface area (Å²) in [7, 11) is 0. The number of hydrogen-bond acceptors (Lipinski definition) is 1. The molecule has 1 heteroatoms. The molecule has 2 saturated carbocycles. The molecular weight excluding hydrogens is 196 g/mol. The Morgan fingerprint density at radius 2 is 1.75 bits per heavy atom. The van der Waals surface area contributed by atoms with Crippen LogP contribution in [0.4, 0.5) is 0 Å². The lowest BCUT2D eigenvalue weighted by Crippen LogP contribution is -2.48. The van der Waals surface area contributed by atoms with Gasteiger partial charge in [0.2, 0.25) is 0 Å². The van der Waals surface area contributed by atoms with Crippen molar-refractivity contribution in [1.82, 2.24) is 0 Å². The maximum absolute atomic E-state index is 5.93. The minimum atomic E-state index is 0.304. The Morgan fingerprint density at radius 3 is 2.38 bits per heavy atom. The van der Waals surface area contributed by atoms with Crippen LogP contribution in [0, 0.1) is 16.7 Å². The van der Waals surface area contributed by atoms with Crippen molar-refractivity contribution in [3.05, 3.63) is 0 Å². The average molecular weight is 222 g/mol. The van der Waals surface area contributed by atoms with Crippen LogP contribution in [0.15, 0.2) is 0 Å². The van der Waals surface area contributed by atoms with Gasteiger partial charge in [0.05, 0.1) is 11.7 Å². The van der Waals surface area contributed by atoms with Crippen molar-refractivity contribution in [2.24, 2.45) is 16.7 Å². The van der Waals surface area contributed by atoms with E-state index in [0.717, 1.165) is 5.92 Å². The van der Waals surface area contributed by atoms with E-state index in [0.29, 0.717) is 22.5 Å². The maximum atomic E-state index is 5.93. The summed E-state index contributed by atoms with van der Waals surface area (Å²) in [4.78, 5) is 0. The van der Waals surface area contributed by atoms with Crippen molar-refractivity contribution >= 4 is 0 Å². The smallest absolute Gasteiger partial charge is 0.0950 e. The van der Waals surface area contributed by atoms with E-state index in [9.17, 15) is 0 Å². The summed E-state index contributed by atoms with van der Waals surface area (Å²) < 4.78 is 5.93. The molecule has 0 N–H and O–H groups in total. The molecule has 0 radical (unpaired) electrons. The molecule has 1 nitrogen and oxygen atoms in total. The van der Waals surface area contributed by atoms with Gasteiger partial charge in [-0.3, -0.25) is 0 Å². The molecule has 1 heterocycles. The highest BCUT2D eigenvalue weighted by Crippen LogP contribution is 2.64. The Morgan fingerprint density at radius 1 is 1.06 bits per heavy atom. The molecule has 1 unspecified atom stereocenters. The molecule has 0 aromatic rings. The highest BCUT2D eigenvalue weighted by atomic mass is 16.6. The standard InChI is InChI=1S/C15H26O/c1-11-15(16-11)9-6-12-13(2,3)7-5-8-14(12,4)10-15/h11-12H,5-10H2,1-4H3/t11?,12-,14+,15+/m0/s1. The second-order valence-electron chi connectivity index (χ2n) is 7.59. The first-order chi connectivity index (χ1) is 7.38. The highest BCUT2D eigenvalue weighted by Gasteiger charge is 2.62. The summed E-state index contributed by atoms with van der Waals surface area (Å²) in [6.45, 7) is 9.78. The van der Waals surface area contributed by atoms with Crippen molar-refractivity contribution in [2.45, 2.75) is 77.9 Å². The quantitative estimate of drug-likeness (QED) is 0.561. The van der Waals surface area contributed by atoms with Crippen molar-refractivity contribution in [3.63, 3.8) is 0 Å². The van der Waals surface area contributed by atoms with Crippen LogP contribution in [0.1, 0.15) is 66.2 Å². The van der Waals surface area contributed by atoms with Crippen molar-refractivity contribution in [2.75, 3.05) is 0 Å². The van der Waals surface area contributed by atoms with Crippen LogP contribution in [0.2, 0.25) is 0 Å². The van der Waals surface area contributed by atoms with Crippen LogP contribution in [0.5, 0.6) is 0 Å². The van der Waals surface area contributed by atoms with Gasteiger partial charge in [-0.15, -0.1) is 0 Å². The molecule has 0 bridgehead atoms. The predicted molar refractivity (Wildman–Crippen MR) is 66.4 cm³/mol. The summed E-state index contributed by atoms with van der Waals surface area (Å²) >= 11 is 0. The number of fused-ring (bicyclic) bond motifs is 1. The maximum Gasteiger partial charge on any atom is 0.0950 e. The normalized spacial score (nSPS) is 54.8. The van der Waals surface area contributed by atoms with Crippen LogP contribution in [0.3, 0.4) is 0 Å². The van der Waals surface area contributed by atoms with Crippen LogP contribution >= 0.6 is 0 Å². The second kappa shape index (κ2) is 3.04. The Bertz CT molecular complexity index is 309. The van der Waals surface area contributed by atoms with Gasteiger partial charge in [0.15, 0.2) is 0 Å². The van der Waals surface area contributed by atoms with Crippen molar-refractivity contribution in [1.29, 1.82) is 0 Å². The largest absolute Gasteiger partial charge is 0.366 e. The fourth-order valence-corrected chi connectivity index (χ4v) is 5.12. The highest BCUT2D eigenvalue weighted by molar-refractivity contribution is 5.11. The van der Waals surface area contributed by atoms with Crippen LogP contribution < -0.4 is 0 Å². The van der Waals surface area contributed by atoms with Gasteiger partial charge < -0.3 is 4.74 Å². The van der Waals surface area contributed by atoms with Gasteiger partial charge in [-0.05, 0) is 55.8 Å². The SMILES string of the molecule is CC1O[C@@]12CC[C@H]1C(C)(C)CCC[C@]1(C)C2. The van der Waals surface area contributed by atoms with Gasteiger partial charge in [-0.25, -0.2) is 0 Å². The monoisotopic (exact) mass is 222 g/mol. The number of ether oxygens (including phenoxy) is 1. The Balaban J connectivity index is 1.86. The molecule has 2 aliphatic carbocycles. The molecule has 0 amide bonds. The zero-order chi connectivity index (χ0) is 11.6. The van der Waals surface area contributed by atoms with Gasteiger partial charge in [0, 0.05) is 0 Å². The van der Waals surface area contributed by atoms with Gasteiger partial charge >= 0.3 is 0 Å². The van der Waals surface area contributed by atoms with E-state index in [1.54, 1.807) is 0 Å².